The summed E-state index contributed by atoms with van der Waals surface area (Å²) in [5.41, 5.74) is 12.1. The van der Waals surface area contributed by atoms with E-state index in [1.165, 1.54) is 12.1 Å². The molecule has 0 unspecified atom stereocenters. The highest BCUT2D eigenvalue weighted by Crippen LogP contribution is 2.33. The van der Waals surface area contributed by atoms with E-state index < -0.39 is 5.82 Å². The molecule has 0 aliphatic rings. The maximum atomic E-state index is 13.9. The Bertz CT molecular complexity index is 632. The van der Waals surface area contributed by atoms with Crippen LogP contribution in [0.1, 0.15) is 5.56 Å². The van der Waals surface area contributed by atoms with Crippen LogP contribution in [0.4, 0.5) is 25.8 Å². The lowest BCUT2D eigenvalue weighted by atomic mass is 10.1. The number of nitrogens with one attached hydrogen (secondary N) is 1. The van der Waals surface area contributed by atoms with Crippen LogP contribution < -0.4 is 16.8 Å². The van der Waals surface area contributed by atoms with Crippen molar-refractivity contribution in [2.75, 3.05) is 23.3 Å². The molecule has 5 N–H and O–H groups in total. The van der Waals surface area contributed by atoms with Crippen LogP contribution in [-0.4, -0.2) is 6.54 Å². The van der Waals surface area contributed by atoms with Gasteiger partial charge < -0.3 is 16.8 Å². The summed E-state index contributed by atoms with van der Waals surface area (Å²) in [5.74, 6) is -0.990. The highest BCUT2D eigenvalue weighted by molar-refractivity contribution is 6.33. The van der Waals surface area contributed by atoms with Crippen molar-refractivity contribution in [2.24, 2.45) is 0 Å². The van der Waals surface area contributed by atoms with E-state index >= 15 is 0 Å². The molecule has 0 spiro atoms. The minimum atomic E-state index is -0.697. The van der Waals surface area contributed by atoms with Crippen molar-refractivity contribution >= 4 is 28.7 Å². The first-order valence-corrected chi connectivity index (χ1v) is 6.38. The van der Waals surface area contributed by atoms with Gasteiger partial charge in [0.25, 0.3) is 0 Å². The van der Waals surface area contributed by atoms with E-state index in [0.717, 1.165) is 0 Å². The third-order valence-electron chi connectivity index (χ3n) is 2.92. The molecule has 0 amide bonds. The first kappa shape index (κ1) is 14.4. The second kappa shape index (κ2) is 5.96. The van der Waals surface area contributed by atoms with Gasteiger partial charge in [0.2, 0.25) is 0 Å². The van der Waals surface area contributed by atoms with Gasteiger partial charge in [-0.1, -0.05) is 29.8 Å². The Kier molecular flexibility index (Phi) is 4.29. The molecular weight excluding hydrogens is 284 g/mol. The number of benzene rings is 2. The monoisotopic (exact) mass is 297 g/mol. The molecule has 0 aliphatic carbocycles. The number of rotatable bonds is 4. The molecule has 0 bridgehead atoms. The first-order chi connectivity index (χ1) is 9.50. The smallest absolute Gasteiger partial charge is 0.169 e. The molecule has 106 valence electrons. The van der Waals surface area contributed by atoms with Crippen LogP contribution in [0.2, 0.25) is 5.02 Å². The lowest BCUT2D eigenvalue weighted by molar-refractivity contribution is 0.610. The highest BCUT2D eigenvalue weighted by Gasteiger charge is 2.14. The second-order valence-electron chi connectivity index (χ2n) is 4.33. The minimum absolute atomic E-state index is 0.0838. The molecule has 0 saturated heterocycles. The maximum absolute atomic E-state index is 13.9. The summed E-state index contributed by atoms with van der Waals surface area (Å²) in [4.78, 5) is 0. The van der Waals surface area contributed by atoms with Crippen LogP contribution >= 0.6 is 11.6 Å². The molecule has 0 radical (unpaired) electrons. The molecule has 0 aliphatic heterocycles. The molecule has 0 aromatic heterocycles. The van der Waals surface area contributed by atoms with Crippen LogP contribution in [0.15, 0.2) is 30.3 Å². The Hall–Kier alpha value is -2.01. The van der Waals surface area contributed by atoms with Crippen LogP contribution in [0.25, 0.3) is 0 Å². The van der Waals surface area contributed by atoms with E-state index in [9.17, 15) is 8.78 Å². The van der Waals surface area contributed by atoms with Crippen molar-refractivity contribution in [1.82, 2.24) is 0 Å². The average Bonchev–Trinajstić information content (AvgIpc) is 2.42. The zero-order chi connectivity index (χ0) is 14.7. The van der Waals surface area contributed by atoms with Crippen LogP contribution in [0.3, 0.4) is 0 Å². The van der Waals surface area contributed by atoms with Gasteiger partial charge in [-0.25, -0.2) is 8.78 Å². The molecule has 6 heteroatoms. The molecule has 3 nitrogen and oxygen atoms in total. The molecule has 2 rings (SSSR count). The van der Waals surface area contributed by atoms with Crippen molar-refractivity contribution in [3.05, 3.63) is 52.6 Å². The van der Waals surface area contributed by atoms with Gasteiger partial charge in [-0.15, -0.1) is 0 Å². The number of hydrogen-bond donors (Lipinski definition) is 3. The molecule has 0 heterocycles. The van der Waals surface area contributed by atoms with Crippen molar-refractivity contribution in [3.8, 4) is 0 Å². The lowest BCUT2D eigenvalue weighted by Crippen LogP contribution is -2.10. The normalized spacial score (nSPS) is 10.6. The number of halogens is 3. The third kappa shape index (κ3) is 2.93. The Morgan fingerprint density at radius 3 is 2.50 bits per heavy atom. The van der Waals surface area contributed by atoms with Crippen LogP contribution in [-0.2, 0) is 6.42 Å². The average molecular weight is 298 g/mol. The number of anilines is 3. The van der Waals surface area contributed by atoms with E-state index in [-0.39, 0.29) is 27.9 Å². The summed E-state index contributed by atoms with van der Waals surface area (Å²) in [5, 5.41) is 2.64. The molecular formula is C14H14ClF2N3. The molecule has 2 aromatic rings. The molecule has 2 aromatic carbocycles. The minimum Gasteiger partial charge on any atom is -0.397 e. The Morgan fingerprint density at radius 2 is 1.80 bits per heavy atom. The zero-order valence-corrected chi connectivity index (χ0v) is 11.3. The van der Waals surface area contributed by atoms with Gasteiger partial charge in [-0.3, -0.25) is 0 Å². The molecule has 20 heavy (non-hydrogen) atoms. The van der Waals surface area contributed by atoms with Gasteiger partial charge in [0.1, 0.15) is 10.8 Å². The van der Waals surface area contributed by atoms with Crippen molar-refractivity contribution in [3.63, 3.8) is 0 Å². The quantitative estimate of drug-likeness (QED) is 0.758. The summed E-state index contributed by atoms with van der Waals surface area (Å²) in [6.07, 6.45) is 0.396. The topological polar surface area (TPSA) is 64.1 Å². The highest BCUT2D eigenvalue weighted by atomic mass is 35.5. The van der Waals surface area contributed by atoms with Gasteiger partial charge in [0, 0.05) is 6.54 Å². The van der Waals surface area contributed by atoms with Crippen LogP contribution in [0.5, 0.6) is 0 Å². The van der Waals surface area contributed by atoms with Gasteiger partial charge in [0.05, 0.1) is 17.1 Å². The Labute approximate surface area is 120 Å². The molecule has 0 atom stereocenters. The van der Waals surface area contributed by atoms with E-state index in [1.54, 1.807) is 18.2 Å². The zero-order valence-electron chi connectivity index (χ0n) is 10.6. The fourth-order valence-electron chi connectivity index (χ4n) is 1.87. The molecule has 0 saturated carbocycles. The van der Waals surface area contributed by atoms with Crippen molar-refractivity contribution in [2.45, 2.75) is 6.42 Å². The van der Waals surface area contributed by atoms with E-state index in [0.29, 0.717) is 18.5 Å². The van der Waals surface area contributed by atoms with Gasteiger partial charge in [-0.2, -0.15) is 0 Å². The summed E-state index contributed by atoms with van der Waals surface area (Å²) < 4.78 is 27.3. The Balaban J connectivity index is 2.09. The first-order valence-electron chi connectivity index (χ1n) is 6.01. The predicted molar refractivity (Wildman–Crippen MR) is 78.8 cm³/mol. The summed E-state index contributed by atoms with van der Waals surface area (Å²) in [6.45, 7) is 0.322. The molecule has 0 fully saturated rings. The van der Waals surface area contributed by atoms with Crippen molar-refractivity contribution < 1.29 is 8.78 Å². The number of hydrogen-bond acceptors (Lipinski definition) is 3. The predicted octanol–water partition coefficient (Wildman–Crippen LogP) is 3.44. The van der Waals surface area contributed by atoms with Crippen molar-refractivity contribution in [1.29, 1.82) is 0 Å². The summed E-state index contributed by atoms with van der Waals surface area (Å²) >= 11 is 5.72. The fraction of sp³-hybridized carbons (Fsp3) is 0.143. The number of nitrogen functional groups attached to an aromatic ring is 2. The number of nitrogens with two attached hydrogens (primary N) is 2. The van der Waals surface area contributed by atoms with E-state index in [4.69, 9.17) is 23.1 Å². The van der Waals surface area contributed by atoms with E-state index in [1.807, 2.05) is 0 Å². The largest absolute Gasteiger partial charge is 0.397 e. The van der Waals surface area contributed by atoms with Gasteiger partial charge in [0.15, 0.2) is 5.82 Å². The second-order valence-corrected chi connectivity index (χ2v) is 4.70. The third-order valence-corrected chi connectivity index (χ3v) is 3.30. The summed E-state index contributed by atoms with van der Waals surface area (Å²) in [7, 11) is 0. The standard InChI is InChI=1S/C14H14ClF2N3/c15-12-10(18)7-11(19)14(13(12)17)20-6-5-8-3-1-2-4-9(8)16/h1-4,7,20H,5-6,18-19H2. The van der Waals surface area contributed by atoms with Gasteiger partial charge >= 0.3 is 0 Å². The summed E-state index contributed by atoms with van der Waals surface area (Å²) in [6, 6.07) is 7.80. The van der Waals surface area contributed by atoms with E-state index in [2.05, 4.69) is 5.32 Å². The van der Waals surface area contributed by atoms with Crippen LogP contribution in [0, 0.1) is 11.6 Å². The fourth-order valence-corrected chi connectivity index (χ4v) is 2.02. The Morgan fingerprint density at radius 1 is 1.10 bits per heavy atom. The maximum Gasteiger partial charge on any atom is 0.169 e. The lowest BCUT2D eigenvalue weighted by Gasteiger charge is -2.13. The van der Waals surface area contributed by atoms with Gasteiger partial charge in [-0.05, 0) is 24.1 Å². The SMILES string of the molecule is Nc1cc(N)c(NCCc2ccccc2F)c(F)c1Cl.